The van der Waals surface area contributed by atoms with Gasteiger partial charge in [-0.2, -0.15) is 0 Å². The zero-order chi connectivity index (χ0) is 23.6. The third-order valence-electron chi connectivity index (χ3n) is 5.29. The van der Waals surface area contributed by atoms with Crippen LogP contribution in [0.3, 0.4) is 0 Å². The standard InChI is InChI=1S/C25H37F3O4/c1-2-3-4-5-6-7-8-9-10-11-12-18-31-23(29)14-13-15-24(30)32-19-20-21(26)16-17-22(27)25(20)28/h16-17H,2-15,18-19H2,1H3. The minimum atomic E-state index is -1.37. The Balaban J connectivity index is 1.98. The van der Waals surface area contributed by atoms with Crippen LogP contribution in [0.25, 0.3) is 0 Å². The number of rotatable bonds is 18. The lowest BCUT2D eigenvalue weighted by atomic mass is 10.1. The van der Waals surface area contributed by atoms with Crippen LogP contribution in [0.5, 0.6) is 0 Å². The van der Waals surface area contributed by atoms with Crippen molar-refractivity contribution in [2.45, 2.75) is 103 Å². The maximum Gasteiger partial charge on any atom is 0.306 e. The summed E-state index contributed by atoms with van der Waals surface area (Å²) in [7, 11) is 0. The number of unbranched alkanes of at least 4 members (excludes halogenated alkanes) is 10. The largest absolute Gasteiger partial charge is 0.466 e. The summed E-state index contributed by atoms with van der Waals surface area (Å²) in [5, 5.41) is 0. The van der Waals surface area contributed by atoms with Crippen molar-refractivity contribution in [1.82, 2.24) is 0 Å². The molecule has 1 aromatic rings. The minimum absolute atomic E-state index is 0.0653. The number of esters is 2. The van der Waals surface area contributed by atoms with Gasteiger partial charge in [0.05, 0.1) is 12.2 Å². The second kappa shape index (κ2) is 17.5. The molecule has 0 aliphatic heterocycles. The van der Waals surface area contributed by atoms with Crippen LogP contribution < -0.4 is 0 Å². The van der Waals surface area contributed by atoms with Gasteiger partial charge in [0, 0.05) is 12.8 Å². The number of benzene rings is 1. The van der Waals surface area contributed by atoms with Crippen molar-refractivity contribution in [3.8, 4) is 0 Å². The van der Waals surface area contributed by atoms with E-state index in [4.69, 9.17) is 9.47 Å². The highest BCUT2D eigenvalue weighted by Crippen LogP contribution is 2.17. The van der Waals surface area contributed by atoms with Crippen molar-refractivity contribution < 1.29 is 32.2 Å². The van der Waals surface area contributed by atoms with E-state index in [9.17, 15) is 22.8 Å². The lowest BCUT2D eigenvalue weighted by Gasteiger charge is -2.08. The van der Waals surface area contributed by atoms with Crippen LogP contribution in [0, 0.1) is 17.5 Å². The molecule has 0 unspecified atom stereocenters. The summed E-state index contributed by atoms with van der Waals surface area (Å²) in [4.78, 5) is 23.4. The summed E-state index contributed by atoms with van der Waals surface area (Å²) >= 11 is 0. The van der Waals surface area contributed by atoms with Gasteiger partial charge in [0.15, 0.2) is 11.6 Å². The van der Waals surface area contributed by atoms with Crippen molar-refractivity contribution in [1.29, 1.82) is 0 Å². The lowest BCUT2D eigenvalue weighted by Crippen LogP contribution is -2.10. The van der Waals surface area contributed by atoms with Crippen molar-refractivity contribution >= 4 is 11.9 Å². The Bertz CT molecular complexity index is 679. The van der Waals surface area contributed by atoms with Crippen LogP contribution >= 0.6 is 0 Å². The van der Waals surface area contributed by atoms with E-state index in [-0.39, 0.29) is 25.2 Å². The maximum absolute atomic E-state index is 13.5. The topological polar surface area (TPSA) is 52.6 Å². The lowest BCUT2D eigenvalue weighted by molar-refractivity contribution is -0.146. The van der Waals surface area contributed by atoms with E-state index in [0.29, 0.717) is 12.7 Å². The van der Waals surface area contributed by atoms with Gasteiger partial charge in [0.2, 0.25) is 0 Å². The fraction of sp³-hybridized carbons (Fsp3) is 0.680. The molecule has 0 amide bonds. The average Bonchev–Trinajstić information content (AvgIpc) is 2.77. The number of halogens is 3. The summed E-state index contributed by atoms with van der Waals surface area (Å²) < 4.78 is 50.0. The van der Waals surface area contributed by atoms with Gasteiger partial charge in [-0.05, 0) is 25.0 Å². The molecule has 182 valence electrons. The van der Waals surface area contributed by atoms with E-state index < -0.39 is 35.6 Å². The Morgan fingerprint density at radius 2 is 1.19 bits per heavy atom. The molecule has 32 heavy (non-hydrogen) atoms. The van der Waals surface area contributed by atoms with E-state index in [0.717, 1.165) is 25.3 Å². The van der Waals surface area contributed by atoms with Gasteiger partial charge < -0.3 is 9.47 Å². The van der Waals surface area contributed by atoms with Crippen LogP contribution in [0.2, 0.25) is 0 Å². The predicted octanol–water partition coefficient (Wildman–Crippen LogP) is 7.17. The van der Waals surface area contributed by atoms with E-state index in [1.807, 2.05) is 0 Å². The number of carbonyl (C=O) groups is 2. The first kappa shape index (κ1) is 28.0. The Morgan fingerprint density at radius 1 is 0.688 bits per heavy atom. The van der Waals surface area contributed by atoms with Gasteiger partial charge in [0.1, 0.15) is 12.4 Å². The molecule has 0 spiro atoms. The second-order valence-corrected chi connectivity index (χ2v) is 8.09. The van der Waals surface area contributed by atoms with Crippen molar-refractivity contribution in [3.63, 3.8) is 0 Å². The molecule has 0 saturated heterocycles. The molecule has 0 radical (unpaired) electrons. The molecule has 0 N–H and O–H groups in total. The highest BCUT2D eigenvalue weighted by Gasteiger charge is 2.16. The third kappa shape index (κ3) is 12.7. The van der Waals surface area contributed by atoms with Gasteiger partial charge in [-0.15, -0.1) is 0 Å². The van der Waals surface area contributed by atoms with Gasteiger partial charge in [-0.1, -0.05) is 71.1 Å². The van der Waals surface area contributed by atoms with E-state index >= 15 is 0 Å². The average molecular weight is 459 g/mol. The Hall–Kier alpha value is -2.05. The summed E-state index contributed by atoms with van der Waals surface area (Å²) in [6.07, 6.45) is 13.6. The van der Waals surface area contributed by atoms with E-state index in [1.165, 1.54) is 51.4 Å². The molecule has 0 aliphatic carbocycles. The van der Waals surface area contributed by atoms with Crippen molar-refractivity contribution in [2.75, 3.05) is 6.61 Å². The molecule has 0 fully saturated rings. The number of ether oxygens (including phenoxy) is 2. The summed E-state index contributed by atoms with van der Waals surface area (Å²) in [5.41, 5.74) is -0.635. The molecule has 0 aromatic heterocycles. The fourth-order valence-corrected chi connectivity index (χ4v) is 3.33. The molecule has 7 heteroatoms. The summed E-state index contributed by atoms with van der Waals surface area (Å²) in [6.45, 7) is 1.90. The fourth-order valence-electron chi connectivity index (χ4n) is 3.33. The van der Waals surface area contributed by atoms with E-state index in [1.54, 1.807) is 0 Å². The first-order chi connectivity index (χ1) is 15.5. The van der Waals surface area contributed by atoms with Gasteiger partial charge in [-0.3, -0.25) is 9.59 Å². The zero-order valence-corrected chi connectivity index (χ0v) is 19.2. The Labute approximate surface area is 189 Å². The van der Waals surface area contributed by atoms with Gasteiger partial charge >= 0.3 is 11.9 Å². The smallest absolute Gasteiger partial charge is 0.306 e. The minimum Gasteiger partial charge on any atom is -0.466 e. The monoisotopic (exact) mass is 458 g/mol. The highest BCUT2D eigenvalue weighted by atomic mass is 19.2. The molecule has 0 bridgehead atoms. The molecule has 0 aliphatic rings. The van der Waals surface area contributed by atoms with Crippen LogP contribution in [-0.4, -0.2) is 18.5 Å². The normalized spacial score (nSPS) is 10.9. The molecule has 0 saturated carbocycles. The SMILES string of the molecule is CCCCCCCCCCCCCOC(=O)CCCC(=O)OCc1c(F)ccc(F)c1F. The van der Waals surface area contributed by atoms with Crippen LogP contribution in [0.1, 0.15) is 102 Å². The molecule has 1 aromatic carbocycles. The molecular weight excluding hydrogens is 421 g/mol. The number of carbonyl (C=O) groups excluding carboxylic acids is 2. The molecule has 1 rings (SSSR count). The highest BCUT2D eigenvalue weighted by molar-refractivity contribution is 5.72. The third-order valence-corrected chi connectivity index (χ3v) is 5.29. The van der Waals surface area contributed by atoms with Crippen molar-refractivity contribution in [2.24, 2.45) is 0 Å². The molecule has 0 atom stereocenters. The molecule has 0 heterocycles. The summed E-state index contributed by atoms with van der Waals surface area (Å²) in [6, 6.07) is 1.44. The molecular formula is C25H37F3O4. The zero-order valence-electron chi connectivity index (χ0n) is 19.2. The quantitative estimate of drug-likeness (QED) is 0.133. The van der Waals surface area contributed by atoms with Gasteiger partial charge in [0.25, 0.3) is 0 Å². The number of hydrogen-bond acceptors (Lipinski definition) is 4. The first-order valence-corrected chi connectivity index (χ1v) is 11.9. The van der Waals surface area contributed by atoms with E-state index in [2.05, 4.69) is 6.92 Å². The Kier molecular flexibility index (Phi) is 15.3. The van der Waals surface area contributed by atoms with Crippen LogP contribution in [-0.2, 0) is 25.7 Å². The van der Waals surface area contributed by atoms with Crippen LogP contribution in [0.4, 0.5) is 13.2 Å². The van der Waals surface area contributed by atoms with Crippen molar-refractivity contribution in [3.05, 3.63) is 35.1 Å². The van der Waals surface area contributed by atoms with Crippen LogP contribution in [0.15, 0.2) is 12.1 Å². The predicted molar refractivity (Wildman–Crippen MR) is 117 cm³/mol. The number of hydrogen-bond donors (Lipinski definition) is 0. The second-order valence-electron chi connectivity index (χ2n) is 8.09. The maximum atomic E-state index is 13.5. The summed E-state index contributed by atoms with van der Waals surface area (Å²) in [5.74, 6) is -4.66. The Morgan fingerprint density at radius 3 is 1.78 bits per heavy atom. The first-order valence-electron chi connectivity index (χ1n) is 11.9. The molecule has 4 nitrogen and oxygen atoms in total. The van der Waals surface area contributed by atoms with Gasteiger partial charge in [-0.25, -0.2) is 13.2 Å².